The molecular weight excluding hydrogens is 180 g/mol. The highest BCUT2D eigenvalue weighted by atomic mass is 32.2. The van der Waals surface area contributed by atoms with Crippen LogP contribution in [0.1, 0.15) is 19.3 Å². The minimum absolute atomic E-state index is 0.0317. The van der Waals surface area contributed by atoms with Gasteiger partial charge in [-0.15, -0.1) is 0 Å². The highest BCUT2D eigenvalue weighted by Crippen LogP contribution is 2.18. The second-order valence-electron chi connectivity index (χ2n) is 3.12. The lowest BCUT2D eigenvalue weighted by atomic mass is 10.0. The first-order valence-corrected chi connectivity index (χ1v) is 5.76. The van der Waals surface area contributed by atoms with Gasteiger partial charge in [-0.25, -0.2) is 8.42 Å². The molecule has 0 aliphatic carbocycles. The van der Waals surface area contributed by atoms with Gasteiger partial charge >= 0.3 is 5.97 Å². The number of carboxylic acids is 1. The molecule has 0 amide bonds. The molecule has 5 heteroatoms. The van der Waals surface area contributed by atoms with Crippen LogP contribution in [0.3, 0.4) is 0 Å². The van der Waals surface area contributed by atoms with Gasteiger partial charge in [-0.3, -0.25) is 4.79 Å². The van der Waals surface area contributed by atoms with Crippen molar-refractivity contribution in [2.75, 3.05) is 11.5 Å². The van der Waals surface area contributed by atoms with E-state index in [9.17, 15) is 13.2 Å². The Hall–Kier alpha value is -0.580. The average molecular weight is 192 g/mol. The maximum Gasteiger partial charge on any atom is 0.306 e. The van der Waals surface area contributed by atoms with Gasteiger partial charge in [0.25, 0.3) is 0 Å². The Bertz CT molecular complexity index is 267. The Kier molecular flexibility index (Phi) is 2.72. The number of hydrogen-bond acceptors (Lipinski definition) is 3. The third-order valence-corrected chi connectivity index (χ3v) is 3.90. The summed E-state index contributed by atoms with van der Waals surface area (Å²) in [4.78, 5) is 10.5. The summed E-state index contributed by atoms with van der Waals surface area (Å²) >= 11 is 0. The van der Waals surface area contributed by atoms with Crippen molar-refractivity contribution in [2.45, 2.75) is 19.3 Å². The van der Waals surface area contributed by atoms with Gasteiger partial charge < -0.3 is 5.11 Å². The van der Waals surface area contributed by atoms with Crippen LogP contribution in [0.15, 0.2) is 0 Å². The van der Waals surface area contributed by atoms with E-state index in [0.717, 1.165) is 0 Å². The first-order valence-electron chi connectivity index (χ1n) is 3.94. The van der Waals surface area contributed by atoms with Crippen LogP contribution in [0.25, 0.3) is 0 Å². The van der Waals surface area contributed by atoms with E-state index in [1.54, 1.807) is 0 Å². The molecule has 1 saturated heterocycles. The Balaban J connectivity index is 2.62. The molecule has 0 unspecified atom stereocenters. The van der Waals surface area contributed by atoms with Gasteiger partial charge in [0.05, 0.1) is 17.4 Å². The summed E-state index contributed by atoms with van der Waals surface area (Å²) in [6.45, 7) is 0. The number of carbonyl (C=O) groups is 1. The zero-order chi connectivity index (χ0) is 9.19. The quantitative estimate of drug-likeness (QED) is 0.648. The molecule has 0 saturated carbocycles. The fourth-order valence-electron chi connectivity index (χ4n) is 1.36. The summed E-state index contributed by atoms with van der Waals surface area (Å²) in [5, 5.41) is 8.64. The van der Waals surface area contributed by atoms with Gasteiger partial charge in [-0.2, -0.15) is 0 Å². The molecule has 0 bridgehead atoms. The van der Waals surface area contributed by atoms with E-state index in [1.165, 1.54) is 0 Å². The van der Waals surface area contributed by atoms with E-state index in [4.69, 9.17) is 5.11 Å². The van der Waals surface area contributed by atoms with E-state index in [2.05, 4.69) is 0 Å². The minimum atomic E-state index is -2.95. The lowest BCUT2D eigenvalue weighted by Gasteiger charge is -2.04. The summed E-state index contributed by atoms with van der Waals surface area (Å²) in [6, 6.07) is 0. The SMILES string of the molecule is O=C(O)[C@H]1CCCS(=O)(=O)CC1. The Morgan fingerprint density at radius 1 is 1.25 bits per heavy atom. The summed E-state index contributed by atoms with van der Waals surface area (Å²) in [5.74, 6) is -1.14. The standard InChI is InChI=1S/C7H12O4S/c8-7(9)6-2-1-4-12(10,11)5-3-6/h6H,1-5H2,(H,8,9)/t6-/m0/s1. The van der Waals surface area contributed by atoms with Crippen molar-refractivity contribution in [3.63, 3.8) is 0 Å². The first kappa shape index (κ1) is 9.51. The molecule has 0 radical (unpaired) electrons. The van der Waals surface area contributed by atoms with Crippen molar-refractivity contribution in [3.05, 3.63) is 0 Å². The maximum atomic E-state index is 11.0. The van der Waals surface area contributed by atoms with Crippen LogP contribution < -0.4 is 0 Å². The molecule has 70 valence electrons. The van der Waals surface area contributed by atoms with Gasteiger partial charge in [0.15, 0.2) is 0 Å². The van der Waals surface area contributed by atoms with Crippen LogP contribution in [0.5, 0.6) is 0 Å². The summed E-state index contributed by atoms with van der Waals surface area (Å²) in [7, 11) is -2.95. The fourth-order valence-corrected chi connectivity index (χ4v) is 2.82. The van der Waals surface area contributed by atoms with Crippen molar-refractivity contribution in [2.24, 2.45) is 5.92 Å². The van der Waals surface area contributed by atoms with Crippen molar-refractivity contribution in [1.29, 1.82) is 0 Å². The molecule has 1 atom stereocenters. The lowest BCUT2D eigenvalue weighted by molar-refractivity contribution is -0.142. The van der Waals surface area contributed by atoms with Crippen LogP contribution in [0, 0.1) is 5.92 Å². The molecule has 1 aliphatic heterocycles. The van der Waals surface area contributed by atoms with E-state index in [0.29, 0.717) is 12.8 Å². The predicted molar refractivity (Wildman–Crippen MR) is 43.6 cm³/mol. The lowest BCUT2D eigenvalue weighted by Crippen LogP contribution is -2.14. The monoisotopic (exact) mass is 192 g/mol. The van der Waals surface area contributed by atoms with Crippen LogP contribution in [0.4, 0.5) is 0 Å². The van der Waals surface area contributed by atoms with E-state index >= 15 is 0 Å². The Labute approximate surface area is 71.5 Å². The highest BCUT2D eigenvalue weighted by molar-refractivity contribution is 7.91. The molecular formula is C7H12O4S. The van der Waals surface area contributed by atoms with Gasteiger partial charge in [0.2, 0.25) is 0 Å². The Morgan fingerprint density at radius 3 is 2.50 bits per heavy atom. The largest absolute Gasteiger partial charge is 0.481 e. The van der Waals surface area contributed by atoms with Crippen LogP contribution in [-0.2, 0) is 14.6 Å². The van der Waals surface area contributed by atoms with Gasteiger partial charge in [-0.05, 0) is 19.3 Å². The third-order valence-electron chi connectivity index (χ3n) is 2.13. The summed E-state index contributed by atoms with van der Waals surface area (Å²) in [5.41, 5.74) is 0. The van der Waals surface area contributed by atoms with Crippen molar-refractivity contribution < 1.29 is 18.3 Å². The molecule has 12 heavy (non-hydrogen) atoms. The maximum absolute atomic E-state index is 11.0. The van der Waals surface area contributed by atoms with E-state index < -0.39 is 21.7 Å². The minimum Gasteiger partial charge on any atom is -0.481 e. The summed E-state index contributed by atoms with van der Waals surface area (Å²) < 4.78 is 22.1. The number of carboxylic acid groups (broad SMARTS) is 1. The average Bonchev–Trinajstić information content (AvgIpc) is 2.10. The molecule has 0 spiro atoms. The zero-order valence-corrected chi connectivity index (χ0v) is 7.51. The topological polar surface area (TPSA) is 71.4 Å². The van der Waals surface area contributed by atoms with Crippen molar-refractivity contribution in [3.8, 4) is 0 Å². The molecule has 0 aromatic carbocycles. The number of hydrogen-bond donors (Lipinski definition) is 1. The molecule has 1 aliphatic rings. The fraction of sp³-hybridized carbons (Fsp3) is 0.857. The van der Waals surface area contributed by atoms with Crippen LogP contribution in [0.2, 0.25) is 0 Å². The molecule has 4 nitrogen and oxygen atoms in total. The Morgan fingerprint density at radius 2 is 1.92 bits per heavy atom. The van der Waals surface area contributed by atoms with Crippen LogP contribution in [-0.4, -0.2) is 31.0 Å². The third kappa shape index (κ3) is 2.48. The molecule has 1 fully saturated rings. The second-order valence-corrected chi connectivity index (χ2v) is 5.42. The smallest absolute Gasteiger partial charge is 0.306 e. The molecule has 1 heterocycles. The van der Waals surface area contributed by atoms with Gasteiger partial charge in [0, 0.05) is 0 Å². The van der Waals surface area contributed by atoms with Crippen LogP contribution >= 0.6 is 0 Å². The first-order chi connectivity index (χ1) is 5.51. The molecule has 1 rings (SSSR count). The molecule has 1 N–H and O–H groups in total. The van der Waals surface area contributed by atoms with Crippen molar-refractivity contribution in [1.82, 2.24) is 0 Å². The number of aliphatic carboxylic acids is 1. The van der Waals surface area contributed by atoms with Gasteiger partial charge in [-0.1, -0.05) is 0 Å². The zero-order valence-electron chi connectivity index (χ0n) is 6.69. The second kappa shape index (κ2) is 3.43. The normalized spacial score (nSPS) is 29.2. The predicted octanol–water partition coefficient (Wildman–Crippen LogP) is 0.286. The molecule has 0 aromatic heterocycles. The number of sulfone groups is 1. The number of rotatable bonds is 1. The van der Waals surface area contributed by atoms with E-state index in [-0.39, 0.29) is 17.9 Å². The summed E-state index contributed by atoms with van der Waals surface area (Å²) in [6.07, 6.45) is 1.26. The van der Waals surface area contributed by atoms with Crippen molar-refractivity contribution >= 4 is 15.8 Å². The van der Waals surface area contributed by atoms with E-state index in [1.807, 2.05) is 0 Å². The highest BCUT2D eigenvalue weighted by Gasteiger charge is 2.25. The molecule has 0 aromatic rings. The van der Waals surface area contributed by atoms with Gasteiger partial charge in [0.1, 0.15) is 9.84 Å².